The highest BCUT2D eigenvalue weighted by atomic mass is 16.4. The predicted octanol–water partition coefficient (Wildman–Crippen LogP) is 0.951. The van der Waals surface area contributed by atoms with Gasteiger partial charge in [0.1, 0.15) is 5.69 Å². The molecule has 0 fully saturated rings. The van der Waals surface area contributed by atoms with Crippen molar-refractivity contribution >= 4 is 17.0 Å². The molecule has 0 aliphatic heterocycles. The third kappa shape index (κ3) is 2.18. The van der Waals surface area contributed by atoms with Crippen molar-refractivity contribution in [1.82, 2.24) is 9.55 Å². The first-order chi connectivity index (χ1) is 8.09. The summed E-state index contributed by atoms with van der Waals surface area (Å²) in [7, 11) is 1.66. The highest BCUT2D eigenvalue weighted by Crippen LogP contribution is 2.09. The van der Waals surface area contributed by atoms with Gasteiger partial charge in [-0.15, -0.1) is 0 Å². The largest absolute Gasteiger partial charge is 0.481 e. The lowest BCUT2D eigenvalue weighted by molar-refractivity contribution is -0.136. The number of fused-ring (bicyclic) bond motifs is 1. The number of para-hydroxylation sites is 2. The Balaban J connectivity index is 2.54. The normalized spacial score (nSPS) is 10.6. The quantitative estimate of drug-likeness (QED) is 0.855. The molecule has 0 bridgehead atoms. The van der Waals surface area contributed by atoms with Crippen LogP contribution < -0.4 is 5.56 Å². The van der Waals surface area contributed by atoms with Crippen LogP contribution in [-0.2, 0) is 18.3 Å². The summed E-state index contributed by atoms with van der Waals surface area (Å²) in [6, 6.07) is 7.28. The fourth-order valence-corrected chi connectivity index (χ4v) is 1.73. The van der Waals surface area contributed by atoms with Crippen molar-refractivity contribution in [2.24, 2.45) is 7.05 Å². The number of hydrogen-bond acceptors (Lipinski definition) is 3. The molecule has 1 aromatic heterocycles. The summed E-state index contributed by atoms with van der Waals surface area (Å²) >= 11 is 0. The molecular weight excluding hydrogens is 220 g/mol. The number of aliphatic carboxylic acids is 1. The van der Waals surface area contributed by atoms with Gasteiger partial charge in [-0.3, -0.25) is 9.59 Å². The van der Waals surface area contributed by atoms with Crippen LogP contribution in [0.5, 0.6) is 0 Å². The Labute approximate surface area is 97.3 Å². The highest BCUT2D eigenvalue weighted by Gasteiger charge is 2.09. The molecule has 1 heterocycles. The Morgan fingerprint density at radius 3 is 2.82 bits per heavy atom. The number of aryl methyl sites for hydroxylation is 2. The van der Waals surface area contributed by atoms with E-state index in [2.05, 4.69) is 4.98 Å². The molecule has 0 amide bonds. The molecule has 2 aromatic rings. The van der Waals surface area contributed by atoms with Gasteiger partial charge in [0, 0.05) is 13.5 Å². The zero-order chi connectivity index (χ0) is 12.4. The molecule has 0 atom stereocenters. The topological polar surface area (TPSA) is 72.2 Å². The first-order valence-corrected chi connectivity index (χ1v) is 5.26. The average molecular weight is 232 g/mol. The van der Waals surface area contributed by atoms with Gasteiger partial charge in [-0.05, 0) is 12.1 Å². The minimum Gasteiger partial charge on any atom is -0.481 e. The van der Waals surface area contributed by atoms with Crippen molar-refractivity contribution in [3.05, 3.63) is 40.3 Å². The van der Waals surface area contributed by atoms with E-state index >= 15 is 0 Å². The van der Waals surface area contributed by atoms with E-state index in [0.29, 0.717) is 11.2 Å². The molecule has 2 rings (SSSR count). The second-order valence-electron chi connectivity index (χ2n) is 3.81. The fraction of sp³-hybridized carbons (Fsp3) is 0.250. The molecule has 0 saturated heterocycles. The maximum atomic E-state index is 11.9. The maximum absolute atomic E-state index is 11.9. The van der Waals surface area contributed by atoms with E-state index in [4.69, 9.17) is 5.11 Å². The zero-order valence-electron chi connectivity index (χ0n) is 9.38. The van der Waals surface area contributed by atoms with Crippen LogP contribution in [0.2, 0.25) is 0 Å². The van der Waals surface area contributed by atoms with Gasteiger partial charge in [0.05, 0.1) is 17.5 Å². The summed E-state index contributed by atoms with van der Waals surface area (Å²) in [4.78, 5) is 26.6. The van der Waals surface area contributed by atoms with Crippen molar-refractivity contribution in [2.75, 3.05) is 0 Å². The Morgan fingerprint density at radius 2 is 2.12 bits per heavy atom. The van der Waals surface area contributed by atoms with E-state index in [1.807, 2.05) is 18.2 Å². The van der Waals surface area contributed by atoms with Gasteiger partial charge in [-0.25, -0.2) is 4.98 Å². The molecule has 0 saturated carbocycles. The number of carboxylic acids is 1. The van der Waals surface area contributed by atoms with Crippen LogP contribution in [0.1, 0.15) is 12.1 Å². The molecule has 0 unspecified atom stereocenters. The van der Waals surface area contributed by atoms with Crippen LogP contribution in [-0.4, -0.2) is 20.6 Å². The molecule has 5 heteroatoms. The lowest BCUT2D eigenvalue weighted by Gasteiger charge is -2.06. The van der Waals surface area contributed by atoms with E-state index in [9.17, 15) is 9.59 Å². The van der Waals surface area contributed by atoms with Gasteiger partial charge in [0.15, 0.2) is 0 Å². The van der Waals surface area contributed by atoms with Crippen LogP contribution in [0.15, 0.2) is 29.1 Å². The van der Waals surface area contributed by atoms with Gasteiger partial charge < -0.3 is 9.67 Å². The molecule has 5 nitrogen and oxygen atoms in total. The van der Waals surface area contributed by atoms with E-state index in [-0.39, 0.29) is 18.4 Å². The average Bonchev–Trinajstić information content (AvgIpc) is 2.32. The zero-order valence-corrected chi connectivity index (χ0v) is 9.38. The lowest BCUT2D eigenvalue weighted by Crippen LogP contribution is -2.23. The van der Waals surface area contributed by atoms with Crippen molar-refractivity contribution < 1.29 is 9.90 Å². The minimum atomic E-state index is -0.929. The van der Waals surface area contributed by atoms with Crippen molar-refractivity contribution in [1.29, 1.82) is 0 Å². The van der Waals surface area contributed by atoms with E-state index in [1.54, 1.807) is 13.1 Å². The summed E-state index contributed by atoms with van der Waals surface area (Å²) in [5, 5.41) is 8.61. The minimum absolute atomic E-state index is 0.0828. The fourth-order valence-electron chi connectivity index (χ4n) is 1.73. The molecule has 88 valence electrons. The van der Waals surface area contributed by atoms with E-state index in [1.165, 1.54) is 4.57 Å². The SMILES string of the molecule is Cn1c(=O)c(CCC(=O)O)nc2ccccc21. The van der Waals surface area contributed by atoms with Crippen LogP contribution >= 0.6 is 0 Å². The van der Waals surface area contributed by atoms with Gasteiger partial charge in [-0.1, -0.05) is 12.1 Å². The molecular formula is C12H12N2O3. The standard InChI is InChI=1S/C12H12N2O3/c1-14-10-5-3-2-4-8(10)13-9(12(14)17)6-7-11(15)16/h2-5H,6-7H2,1H3,(H,15,16). The highest BCUT2D eigenvalue weighted by molar-refractivity contribution is 5.74. The third-order valence-electron chi connectivity index (χ3n) is 2.63. The smallest absolute Gasteiger partial charge is 0.303 e. The van der Waals surface area contributed by atoms with E-state index < -0.39 is 5.97 Å². The molecule has 0 aliphatic carbocycles. The Kier molecular flexibility index (Phi) is 2.91. The molecule has 17 heavy (non-hydrogen) atoms. The maximum Gasteiger partial charge on any atom is 0.303 e. The number of rotatable bonds is 3. The van der Waals surface area contributed by atoms with Crippen LogP contribution in [0.3, 0.4) is 0 Å². The number of aromatic nitrogens is 2. The third-order valence-corrected chi connectivity index (χ3v) is 2.63. The summed E-state index contributed by atoms with van der Waals surface area (Å²) in [6.07, 6.45) is 0.0768. The van der Waals surface area contributed by atoms with E-state index in [0.717, 1.165) is 5.52 Å². The van der Waals surface area contributed by atoms with Gasteiger partial charge in [0.25, 0.3) is 5.56 Å². The van der Waals surface area contributed by atoms with Crippen molar-refractivity contribution in [2.45, 2.75) is 12.8 Å². The lowest BCUT2D eigenvalue weighted by atomic mass is 10.2. The monoisotopic (exact) mass is 232 g/mol. The number of carbonyl (C=O) groups is 1. The summed E-state index contributed by atoms with van der Waals surface area (Å²) in [5.41, 5.74) is 1.52. The summed E-state index contributed by atoms with van der Waals surface area (Å²) in [5.74, 6) is -0.929. The second-order valence-corrected chi connectivity index (χ2v) is 3.81. The van der Waals surface area contributed by atoms with Crippen LogP contribution in [0, 0.1) is 0 Å². The Morgan fingerprint density at radius 1 is 1.41 bits per heavy atom. The molecule has 1 aromatic carbocycles. The summed E-state index contributed by atoms with van der Waals surface area (Å²) < 4.78 is 1.50. The second kappa shape index (κ2) is 4.37. The number of nitrogens with zero attached hydrogens (tertiary/aromatic N) is 2. The van der Waals surface area contributed by atoms with Crippen molar-refractivity contribution in [3.63, 3.8) is 0 Å². The molecule has 0 radical (unpaired) electrons. The number of benzene rings is 1. The Hall–Kier alpha value is -2.17. The summed E-state index contributed by atoms with van der Waals surface area (Å²) in [6.45, 7) is 0. The predicted molar refractivity (Wildman–Crippen MR) is 62.9 cm³/mol. The van der Waals surface area contributed by atoms with Crippen LogP contribution in [0.25, 0.3) is 11.0 Å². The van der Waals surface area contributed by atoms with Gasteiger partial charge in [0.2, 0.25) is 0 Å². The number of hydrogen-bond donors (Lipinski definition) is 1. The molecule has 0 spiro atoms. The Bertz CT molecular complexity index is 631. The molecule has 1 N–H and O–H groups in total. The van der Waals surface area contributed by atoms with Gasteiger partial charge >= 0.3 is 5.97 Å². The molecule has 0 aliphatic rings. The van der Waals surface area contributed by atoms with Gasteiger partial charge in [-0.2, -0.15) is 0 Å². The van der Waals surface area contributed by atoms with Crippen LogP contribution in [0.4, 0.5) is 0 Å². The van der Waals surface area contributed by atoms with Crippen molar-refractivity contribution in [3.8, 4) is 0 Å². The number of carboxylic acid groups (broad SMARTS) is 1. The first-order valence-electron chi connectivity index (χ1n) is 5.26. The first kappa shape index (κ1) is 11.3.